The van der Waals surface area contributed by atoms with Crippen molar-refractivity contribution in [1.29, 1.82) is 0 Å². The molecule has 0 amide bonds. The third kappa shape index (κ3) is 4.21. The summed E-state index contributed by atoms with van der Waals surface area (Å²) in [6.45, 7) is 2.52. The van der Waals surface area contributed by atoms with Gasteiger partial charge in [-0.1, -0.05) is 24.3 Å². The Balaban J connectivity index is 2.03. The number of methoxy groups -OCH3 is 2. The Morgan fingerprint density at radius 3 is 2.39 bits per heavy atom. The zero-order chi connectivity index (χ0) is 16.9. The van der Waals surface area contributed by atoms with E-state index in [1.165, 1.54) is 12.1 Å². The summed E-state index contributed by atoms with van der Waals surface area (Å²) in [5.74, 6) is 1.01. The van der Waals surface area contributed by atoms with Gasteiger partial charge in [0.1, 0.15) is 5.82 Å². The van der Waals surface area contributed by atoms with E-state index in [9.17, 15) is 9.50 Å². The van der Waals surface area contributed by atoms with Crippen molar-refractivity contribution in [2.24, 2.45) is 0 Å². The van der Waals surface area contributed by atoms with E-state index in [-0.39, 0.29) is 5.82 Å². The van der Waals surface area contributed by atoms with Crippen LogP contribution in [0.3, 0.4) is 0 Å². The van der Waals surface area contributed by atoms with Gasteiger partial charge < -0.3 is 19.9 Å². The van der Waals surface area contributed by atoms with E-state index in [2.05, 4.69) is 5.32 Å². The number of halogens is 1. The molecular weight excluding hydrogens is 297 g/mol. The van der Waals surface area contributed by atoms with E-state index in [0.717, 1.165) is 5.56 Å². The molecule has 2 N–H and O–H groups in total. The van der Waals surface area contributed by atoms with Crippen LogP contribution in [0.15, 0.2) is 42.5 Å². The van der Waals surface area contributed by atoms with Crippen molar-refractivity contribution >= 4 is 0 Å². The first kappa shape index (κ1) is 17.2. The van der Waals surface area contributed by atoms with Crippen molar-refractivity contribution in [2.75, 3.05) is 20.8 Å². The maximum atomic E-state index is 13.0. The average Bonchev–Trinajstić information content (AvgIpc) is 2.54. The van der Waals surface area contributed by atoms with Gasteiger partial charge in [0.15, 0.2) is 11.5 Å². The van der Waals surface area contributed by atoms with Crippen molar-refractivity contribution in [3.8, 4) is 11.5 Å². The third-order valence-electron chi connectivity index (χ3n) is 3.74. The molecule has 23 heavy (non-hydrogen) atoms. The molecule has 0 radical (unpaired) electrons. The summed E-state index contributed by atoms with van der Waals surface area (Å²) in [6.07, 6.45) is 0. The van der Waals surface area contributed by atoms with Crippen LogP contribution in [0.4, 0.5) is 4.39 Å². The fraction of sp³-hybridized carbons (Fsp3) is 0.333. The van der Waals surface area contributed by atoms with E-state index >= 15 is 0 Å². The van der Waals surface area contributed by atoms with Gasteiger partial charge in [-0.05, 0) is 30.7 Å². The highest BCUT2D eigenvalue weighted by molar-refractivity contribution is 5.46. The van der Waals surface area contributed by atoms with Crippen LogP contribution in [0.5, 0.6) is 11.5 Å². The molecule has 1 atom stereocenters. The number of hydrogen-bond acceptors (Lipinski definition) is 4. The second-order valence-corrected chi connectivity index (χ2v) is 5.54. The predicted octanol–water partition coefficient (Wildman–Crippen LogP) is 2.84. The van der Waals surface area contributed by atoms with Gasteiger partial charge in [-0.3, -0.25) is 0 Å². The lowest BCUT2D eigenvalue weighted by atomic mass is 9.96. The monoisotopic (exact) mass is 319 g/mol. The quantitative estimate of drug-likeness (QED) is 0.824. The Labute approximate surface area is 135 Å². The Hall–Kier alpha value is -2.11. The maximum Gasteiger partial charge on any atom is 0.165 e. The fourth-order valence-corrected chi connectivity index (χ4v) is 2.44. The van der Waals surface area contributed by atoms with Gasteiger partial charge in [-0.15, -0.1) is 0 Å². The Morgan fingerprint density at radius 2 is 1.78 bits per heavy atom. The van der Waals surface area contributed by atoms with Crippen molar-refractivity contribution in [1.82, 2.24) is 5.32 Å². The van der Waals surface area contributed by atoms with Gasteiger partial charge in [0.25, 0.3) is 0 Å². The molecule has 0 saturated carbocycles. The summed E-state index contributed by atoms with van der Waals surface area (Å²) < 4.78 is 23.6. The largest absolute Gasteiger partial charge is 0.493 e. The number of para-hydroxylation sites is 1. The van der Waals surface area contributed by atoms with E-state index in [4.69, 9.17) is 9.47 Å². The molecule has 0 aromatic heterocycles. The lowest BCUT2D eigenvalue weighted by Gasteiger charge is -2.24. The van der Waals surface area contributed by atoms with Crippen LogP contribution in [0.1, 0.15) is 18.1 Å². The minimum atomic E-state index is -1.10. The highest BCUT2D eigenvalue weighted by atomic mass is 19.1. The first-order chi connectivity index (χ1) is 11.0. The molecule has 0 heterocycles. The van der Waals surface area contributed by atoms with E-state index in [0.29, 0.717) is 30.2 Å². The van der Waals surface area contributed by atoms with Crippen molar-refractivity contribution < 1.29 is 19.0 Å². The van der Waals surface area contributed by atoms with E-state index < -0.39 is 5.60 Å². The highest BCUT2D eigenvalue weighted by Crippen LogP contribution is 2.30. The standard InChI is InChI=1S/C18H22FNO3/c1-18(21,14-7-9-15(19)10-8-14)12-20-11-13-5-4-6-16(22-2)17(13)23-3/h4-10,20-21H,11-12H2,1-3H3. The number of aliphatic hydroxyl groups is 1. The zero-order valence-corrected chi connectivity index (χ0v) is 13.6. The Kier molecular flexibility index (Phi) is 5.58. The number of ether oxygens (including phenoxy) is 2. The minimum Gasteiger partial charge on any atom is -0.493 e. The summed E-state index contributed by atoms with van der Waals surface area (Å²) in [5, 5.41) is 13.7. The molecule has 1 unspecified atom stereocenters. The Morgan fingerprint density at radius 1 is 1.09 bits per heavy atom. The zero-order valence-electron chi connectivity index (χ0n) is 13.6. The molecule has 0 fully saturated rings. The average molecular weight is 319 g/mol. The molecule has 2 rings (SSSR count). The van der Waals surface area contributed by atoms with Crippen LogP contribution in [-0.2, 0) is 12.1 Å². The number of nitrogens with one attached hydrogen (secondary N) is 1. The summed E-state index contributed by atoms with van der Waals surface area (Å²) >= 11 is 0. The molecule has 2 aromatic rings. The lowest BCUT2D eigenvalue weighted by Crippen LogP contribution is -2.35. The van der Waals surface area contributed by atoms with Gasteiger partial charge >= 0.3 is 0 Å². The second kappa shape index (κ2) is 7.44. The van der Waals surface area contributed by atoms with E-state index in [1.807, 2.05) is 18.2 Å². The van der Waals surface area contributed by atoms with E-state index in [1.54, 1.807) is 33.3 Å². The smallest absolute Gasteiger partial charge is 0.165 e. The van der Waals surface area contributed by atoms with Crippen molar-refractivity contribution in [3.05, 3.63) is 59.4 Å². The molecule has 2 aromatic carbocycles. The first-order valence-electron chi connectivity index (χ1n) is 7.37. The van der Waals surface area contributed by atoms with Gasteiger partial charge in [0, 0.05) is 18.7 Å². The van der Waals surface area contributed by atoms with Crippen LogP contribution in [0, 0.1) is 5.82 Å². The van der Waals surface area contributed by atoms with Gasteiger partial charge in [-0.25, -0.2) is 4.39 Å². The molecule has 0 spiro atoms. The van der Waals surface area contributed by atoms with Crippen LogP contribution >= 0.6 is 0 Å². The van der Waals surface area contributed by atoms with Gasteiger partial charge in [-0.2, -0.15) is 0 Å². The maximum absolute atomic E-state index is 13.0. The molecule has 0 aliphatic rings. The predicted molar refractivity (Wildman–Crippen MR) is 87.2 cm³/mol. The minimum absolute atomic E-state index is 0.318. The summed E-state index contributed by atoms with van der Waals surface area (Å²) in [5.41, 5.74) is 0.491. The third-order valence-corrected chi connectivity index (χ3v) is 3.74. The van der Waals surface area contributed by atoms with Crippen LogP contribution in [0.2, 0.25) is 0 Å². The number of benzene rings is 2. The summed E-state index contributed by atoms with van der Waals surface area (Å²) in [7, 11) is 3.18. The second-order valence-electron chi connectivity index (χ2n) is 5.54. The number of rotatable bonds is 7. The topological polar surface area (TPSA) is 50.7 Å². The lowest BCUT2D eigenvalue weighted by molar-refractivity contribution is 0.0565. The molecule has 4 nitrogen and oxygen atoms in total. The summed E-state index contributed by atoms with van der Waals surface area (Å²) in [6, 6.07) is 11.5. The number of hydrogen-bond donors (Lipinski definition) is 2. The molecule has 124 valence electrons. The van der Waals surface area contributed by atoms with Gasteiger partial charge in [0.2, 0.25) is 0 Å². The summed E-state index contributed by atoms with van der Waals surface area (Å²) in [4.78, 5) is 0. The molecule has 0 aliphatic heterocycles. The molecule has 0 bridgehead atoms. The van der Waals surface area contributed by atoms with Crippen LogP contribution in [-0.4, -0.2) is 25.9 Å². The molecule has 5 heteroatoms. The first-order valence-corrected chi connectivity index (χ1v) is 7.37. The fourth-order valence-electron chi connectivity index (χ4n) is 2.44. The highest BCUT2D eigenvalue weighted by Gasteiger charge is 2.22. The molecular formula is C18H22FNO3. The molecule has 0 aliphatic carbocycles. The normalized spacial score (nSPS) is 13.4. The van der Waals surface area contributed by atoms with Gasteiger partial charge in [0.05, 0.1) is 19.8 Å². The molecule has 0 saturated heterocycles. The SMILES string of the molecule is COc1cccc(CNCC(C)(O)c2ccc(F)cc2)c1OC. The van der Waals surface area contributed by atoms with Crippen LogP contribution < -0.4 is 14.8 Å². The van der Waals surface area contributed by atoms with Crippen LogP contribution in [0.25, 0.3) is 0 Å². The van der Waals surface area contributed by atoms with Crippen molar-refractivity contribution in [2.45, 2.75) is 19.1 Å². The van der Waals surface area contributed by atoms with Crippen molar-refractivity contribution in [3.63, 3.8) is 0 Å². The Bertz CT molecular complexity index is 641.